The van der Waals surface area contributed by atoms with E-state index in [4.69, 9.17) is 0 Å². The van der Waals surface area contributed by atoms with Gasteiger partial charge >= 0.3 is 0 Å². The van der Waals surface area contributed by atoms with E-state index < -0.39 is 6.10 Å². The molecule has 0 bridgehead atoms. The summed E-state index contributed by atoms with van der Waals surface area (Å²) in [5, 5.41) is 9.46. The van der Waals surface area contributed by atoms with Crippen LogP contribution < -0.4 is 0 Å². The van der Waals surface area contributed by atoms with Gasteiger partial charge in [-0.3, -0.25) is 4.98 Å². The van der Waals surface area contributed by atoms with Crippen LogP contribution in [0.5, 0.6) is 0 Å². The van der Waals surface area contributed by atoms with Crippen molar-refractivity contribution in [1.82, 2.24) is 19.9 Å². The zero-order valence-corrected chi connectivity index (χ0v) is 9.12. The molecule has 5 nitrogen and oxygen atoms in total. The average Bonchev–Trinajstić information content (AvgIpc) is 2.29. The zero-order valence-electron chi connectivity index (χ0n) is 9.12. The molecule has 1 atom stereocenters. The molecule has 0 unspecified atom stereocenters. The molecule has 1 N–H and O–H groups in total. The zero-order chi connectivity index (χ0) is 11.5. The van der Waals surface area contributed by atoms with Gasteiger partial charge in [0.05, 0.1) is 12.3 Å². The van der Waals surface area contributed by atoms with E-state index in [1.54, 1.807) is 31.7 Å². The summed E-state index contributed by atoms with van der Waals surface area (Å²) in [6.45, 7) is 3.53. The van der Waals surface area contributed by atoms with Crippen molar-refractivity contribution in [1.29, 1.82) is 0 Å². The van der Waals surface area contributed by atoms with Gasteiger partial charge in [-0.1, -0.05) is 0 Å². The third-order valence-corrected chi connectivity index (χ3v) is 2.26. The highest BCUT2D eigenvalue weighted by Gasteiger charge is 2.09. The van der Waals surface area contributed by atoms with Crippen LogP contribution >= 0.6 is 0 Å². The Morgan fingerprint density at radius 1 is 1.19 bits per heavy atom. The third-order valence-electron chi connectivity index (χ3n) is 2.26. The second kappa shape index (κ2) is 4.32. The van der Waals surface area contributed by atoms with E-state index in [0.717, 1.165) is 11.3 Å². The number of hydrogen-bond acceptors (Lipinski definition) is 5. The van der Waals surface area contributed by atoms with Crippen LogP contribution in [0, 0.1) is 6.92 Å². The minimum absolute atomic E-state index is 0.523. The van der Waals surface area contributed by atoms with Crippen molar-refractivity contribution in [2.75, 3.05) is 0 Å². The molecule has 0 saturated carbocycles. The Bertz CT molecular complexity index is 485. The Labute approximate surface area is 93.3 Å². The van der Waals surface area contributed by atoms with Crippen LogP contribution in [0.4, 0.5) is 0 Å². The van der Waals surface area contributed by atoms with Gasteiger partial charge in [0.25, 0.3) is 0 Å². The molecule has 5 heteroatoms. The molecule has 2 aromatic heterocycles. The number of aliphatic hydroxyl groups is 1. The highest BCUT2D eigenvalue weighted by Crippen LogP contribution is 2.17. The molecule has 0 amide bonds. The molecule has 0 aliphatic carbocycles. The van der Waals surface area contributed by atoms with Crippen molar-refractivity contribution in [3.63, 3.8) is 0 Å². The summed E-state index contributed by atoms with van der Waals surface area (Å²) >= 11 is 0. The van der Waals surface area contributed by atoms with E-state index in [0.29, 0.717) is 11.5 Å². The lowest BCUT2D eigenvalue weighted by atomic mass is 10.1. The first-order valence-corrected chi connectivity index (χ1v) is 4.96. The fourth-order valence-corrected chi connectivity index (χ4v) is 1.42. The summed E-state index contributed by atoms with van der Waals surface area (Å²) in [4.78, 5) is 16.5. The maximum atomic E-state index is 9.46. The van der Waals surface area contributed by atoms with Crippen LogP contribution in [-0.4, -0.2) is 25.0 Å². The Morgan fingerprint density at radius 2 is 2.00 bits per heavy atom. The standard InChI is InChI=1S/C11H12N4O/c1-7-9(8(2)16)5-14-11(15-7)10-6-12-3-4-13-10/h3-6,8,16H,1-2H3/t8-/m0/s1. The van der Waals surface area contributed by atoms with E-state index in [1.165, 1.54) is 0 Å². The van der Waals surface area contributed by atoms with E-state index >= 15 is 0 Å². The van der Waals surface area contributed by atoms with Gasteiger partial charge in [-0.15, -0.1) is 0 Å². The number of hydrogen-bond donors (Lipinski definition) is 1. The van der Waals surface area contributed by atoms with Crippen molar-refractivity contribution in [3.8, 4) is 11.5 Å². The Kier molecular flexibility index (Phi) is 2.87. The predicted octanol–water partition coefficient (Wildman–Crippen LogP) is 1.30. The topological polar surface area (TPSA) is 71.8 Å². The quantitative estimate of drug-likeness (QED) is 0.819. The van der Waals surface area contributed by atoms with Gasteiger partial charge < -0.3 is 5.11 Å². The molecular formula is C11H12N4O. The second-order valence-corrected chi connectivity index (χ2v) is 3.50. The number of aromatic nitrogens is 4. The van der Waals surface area contributed by atoms with Crippen LogP contribution in [0.1, 0.15) is 24.3 Å². The van der Waals surface area contributed by atoms with Crippen molar-refractivity contribution in [2.24, 2.45) is 0 Å². The maximum absolute atomic E-state index is 9.46. The van der Waals surface area contributed by atoms with Crippen LogP contribution in [0.15, 0.2) is 24.8 Å². The normalized spacial score (nSPS) is 12.4. The van der Waals surface area contributed by atoms with Crippen molar-refractivity contribution in [2.45, 2.75) is 20.0 Å². The summed E-state index contributed by atoms with van der Waals surface area (Å²) in [5.74, 6) is 0.523. The molecule has 2 aromatic rings. The molecule has 0 aliphatic rings. The molecule has 0 fully saturated rings. The number of aliphatic hydroxyl groups excluding tert-OH is 1. The lowest BCUT2D eigenvalue weighted by molar-refractivity contribution is 0.197. The van der Waals surface area contributed by atoms with Crippen molar-refractivity contribution >= 4 is 0 Å². The van der Waals surface area contributed by atoms with Crippen LogP contribution in [0.3, 0.4) is 0 Å². The minimum atomic E-state index is -0.559. The van der Waals surface area contributed by atoms with E-state index in [1.807, 2.05) is 6.92 Å². The minimum Gasteiger partial charge on any atom is -0.389 e. The predicted molar refractivity (Wildman–Crippen MR) is 58.4 cm³/mol. The van der Waals surface area contributed by atoms with Crippen molar-refractivity contribution < 1.29 is 5.11 Å². The van der Waals surface area contributed by atoms with Gasteiger partial charge in [-0.2, -0.15) is 0 Å². The second-order valence-electron chi connectivity index (χ2n) is 3.50. The molecule has 16 heavy (non-hydrogen) atoms. The molecule has 0 radical (unpaired) electrons. The van der Waals surface area contributed by atoms with Crippen LogP contribution in [0.2, 0.25) is 0 Å². The highest BCUT2D eigenvalue weighted by atomic mass is 16.3. The Hall–Kier alpha value is -1.88. The van der Waals surface area contributed by atoms with Crippen molar-refractivity contribution in [3.05, 3.63) is 36.0 Å². The molecule has 0 aliphatic heterocycles. The average molecular weight is 216 g/mol. The SMILES string of the molecule is Cc1nc(-c2cnccn2)ncc1[C@H](C)O. The molecular weight excluding hydrogens is 204 g/mol. The monoisotopic (exact) mass is 216 g/mol. The summed E-state index contributed by atoms with van der Waals surface area (Å²) < 4.78 is 0. The van der Waals surface area contributed by atoms with Crippen LogP contribution in [-0.2, 0) is 0 Å². The van der Waals surface area contributed by atoms with E-state index in [2.05, 4.69) is 19.9 Å². The van der Waals surface area contributed by atoms with Gasteiger partial charge in [-0.25, -0.2) is 15.0 Å². The first-order chi connectivity index (χ1) is 7.68. The maximum Gasteiger partial charge on any atom is 0.179 e. The van der Waals surface area contributed by atoms with Gasteiger partial charge in [-0.05, 0) is 13.8 Å². The third kappa shape index (κ3) is 2.04. The van der Waals surface area contributed by atoms with E-state index in [9.17, 15) is 5.11 Å². The smallest absolute Gasteiger partial charge is 0.179 e. The first kappa shape index (κ1) is 10.6. The number of nitrogens with zero attached hydrogens (tertiary/aromatic N) is 4. The van der Waals surface area contributed by atoms with E-state index in [-0.39, 0.29) is 0 Å². The summed E-state index contributed by atoms with van der Waals surface area (Å²) in [7, 11) is 0. The van der Waals surface area contributed by atoms with Gasteiger partial charge in [0.2, 0.25) is 0 Å². The molecule has 82 valence electrons. The largest absolute Gasteiger partial charge is 0.389 e. The van der Waals surface area contributed by atoms with Gasteiger partial charge in [0.1, 0.15) is 5.69 Å². The molecule has 0 saturated heterocycles. The Balaban J connectivity index is 2.43. The molecule has 2 heterocycles. The number of rotatable bonds is 2. The fraction of sp³-hybridized carbons (Fsp3) is 0.273. The lowest BCUT2D eigenvalue weighted by Crippen LogP contribution is -2.01. The lowest BCUT2D eigenvalue weighted by Gasteiger charge is -2.08. The van der Waals surface area contributed by atoms with Crippen LogP contribution in [0.25, 0.3) is 11.5 Å². The summed E-state index contributed by atoms with van der Waals surface area (Å²) in [5.41, 5.74) is 2.11. The highest BCUT2D eigenvalue weighted by molar-refractivity contribution is 5.47. The summed E-state index contributed by atoms with van der Waals surface area (Å²) in [6, 6.07) is 0. The molecule has 0 aromatic carbocycles. The number of aryl methyl sites for hydroxylation is 1. The fourth-order valence-electron chi connectivity index (χ4n) is 1.42. The Morgan fingerprint density at radius 3 is 2.56 bits per heavy atom. The summed E-state index contributed by atoms with van der Waals surface area (Å²) in [6.07, 6.45) is 5.86. The van der Waals surface area contributed by atoms with Gasteiger partial charge in [0.15, 0.2) is 5.82 Å². The molecule has 0 spiro atoms. The molecule has 2 rings (SSSR count). The van der Waals surface area contributed by atoms with Gasteiger partial charge in [0, 0.05) is 29.8 Å². The first-order valence-electron chi connectivity index (χ1n) is 4.96.